The normalized spacial score (nSPS) is 12.4. The Labute approximate surface area is 116 Å². The van der Waals surface area contributed by atoms with Crippen molar-refractivity contribution in [3.8, 4) is 0 Å². The summed E-state index contributed by atoms with van der Waals surface area (Å²) in [6.45, 7) is 2.00. The summed E-state index contributed by atoms with van der Waals surface area (Å²) in [5.41, 5.74) is 1.69. The van der Waals surface area contributed by atoms with Crippen LogP contribution in [0.3, 0.4) is 0 Å². The van der Waals surface area contributed by atoms with Gasteiger partial charge < -0.3 is 0 Å². The summed E-state index contributed by atoms with van der Waals surface area (Å²) in [7, 11) is 0. The molecule has 1 atom stereocenters. The van der Waals surface area contributed by atoms with Gasteiger partial charge in [0, 0.05) is 24.6 Å². The second-order valence-electron chi connectivity index (χ2n) is 4.76. The Hall–Kier alpha value is -2.56. The van der Waals surface area contributed by atoms with Crippen molar-refractivity contribution >= 4 is 10.9 Å². The van der Waals surface area contributed by atoms with Crippen molar-refractivity contribution in [2.24, 2.45) is 0 Å². The molecule has 3 heterocycles. The molecule has 0 spiro atoms. The van der Waals surface area contributed by atoms with E-state index in [1.54, 1.807) is 35.6 Å². The van der Waals surface area contributed by atoms with Crippen molar-refractivity contribution in [2.75, 3.05) is 0 Å². The van der Waals surface area contributed by atoms with Gasteiger partial charge in [0.1, 0.15) is 0 Å². The fourth-order valence-electron chi connectivity index (χ4n) is 2.26. The van der Waals surface area contributed by atoms with E-state index in [1.807, 2.05) is 25.3 Å². The molecule has 20 heavy (non-hydrogen) atoms. The fraction of sp³-hybridized carbons (Fsp3) is 0.200. The minimum atomic E-state index is -0.0335. The topological polar surface area (TPSA) is 60.7 Å². The third kappa shape index (κ3) is 2.30. The molecule has 0 aliphatic carbocycles. The summed E-state index contributed by atoms with van der Waals surface area (Å²) in [4.78, 5) is 24.8. The summed E-state index contributed by atoms with van der Waals surface area (Å²) in [6.07, 6.45) is 9.11. The molecule has 5 nitrogen and oxygen atoms in total. The van der Waals surface area contributed by atoms with Crippen LogP contribution in [0.2, 0.25) is 0 Å². The number of aromatic nitrogens is 4. The molecule has 0 radical (unpaired) electrons. The predicted molar refractivity (Wildman–Crippen MR) is 76.5 cm³/mol. The molecule has 0 saturated heterocycles. The lowest BCUT2D eigenvalue weighted by Crippen LogP contribution is -2.25. The second-order valence-corrected chi connectivity index (χ2v) is 4.76. The Bertz CT molecular complexity index is 782. The van der Waals surface area contributed by atoms with Gasteiger partial charge in [-0.05, 0) is 31.0 Å². The van der Waals surface area contributed by atoms with Gasteiger partial charge in [-0.25, -0.2) is 4.98 Å². The first kappa shape index (κ1) is 12.5. The SMILES string of the molecule is C[C@H](Cc1cccnc1)n1cnc2cnccc2c1=O. The van der Waals surface area contributed by atoms with Crippen molar-refractivity contribution in [2.45, 2.75) is 19.4 Å². The molecule has 0 amide bonds. The maximum atomic E-state index is 12.4. The molecule has 0 aromatic carbocycles. The maximum absolute atomic E-state index is 12.4. The van der Waals surface area contributed by atoms with Gasteiger partial charge in [-0.15, -0.1) is 0 Å². The summed E-state index contributed by atoms with van der Waals surface area (Å²) in [6, 6.07) is 5.64. The van der Waals surface area contributed by atoms with Gasteiger partial charge in [0.05, 0.1) is 23.4 Å². The smallest absolute Gasteiger partial charge is 0.261 e. The lowest BCUT2D eigenvalue weighted by atomic mass is 10.1. The van der Waals surface area contributed by atoms with Crippen molar-refractivity contribution < 1.29 is 0 Å². The molecule has 3 rings (SSSR count). The molecule has 0 aliphatic rings. The Morgan fingerprint density at radius 2 is 2.05 bits per heavy atom. The number of rotatable bonds is 3. The van der Waals surface area contributed by atoms with Crippen LogP contribution in [-0.2, 0) is 6.42 Å². The van der Waals surface area contributed by atoms with E-state index >= 15 is 0 Å². The third-order valence-corrected chi connectivity index (χ3v) is 3.31. The Balaban J connectivity index is 1.98. The van der Waals surface area contributed by atoms with Gasteiger partial charge in [-0.1, -0.05) is 6.07 Å². The lowest BCUT2D eigenvalue weighted by molar-refractivity contribution is 0.522. The number of nitrogens with zero attached hydrogens (tertiary/aromatic N) is 4. The first-order chi connectivity index (χ1) is 9.75. The summed E-state index contributed by atoms with van der Waals surface area (Å²) in [5.74, 6) is 0. The van der Waals surface area contributed by atoms with Crippen molar-refractivity contribution in [1.82, 2.24) is 19.5 Å². The zero-order chi connectivity index (χ0) is 13.9. The van der Waals surface area contributed by atoms with Gasteiger partial charge in [-0.2, -0.15) is 0 Å². The van der Waals surface area contributed by atoms with Crippen LogP contribution in [-0.4, -0.2) is 19.5 Å². The van der Waals surface area contributed by atoms with Crippen molar-refractivity contribution in [3.63, 3.8) is 0 Å². The molecule has 0 fully saturated rings. The molecular formula is C15H14N4O. The Morgan fingerprint density at radius 1 is 1.20 bits per heavy atom. The molecule has 0 unspecified atom stereocenters. The van der Waals surface area contributed by atoms with Crippen LogP contribution >= 0.6 is 0 Å². The van der Waals surface area contributed by atoms with E-state index < -0.39 is 0 Å². The van der Waals surface area contributed by atoms with E-state index in [1.165, 1.54) is 0 Å². The molecular weight excluding hydrogens is 252 g/mol. The van der Waals surface area contributed by atoms with E-state index in [2.05, 4.69) is 15.0 Å². The summed E-state index contributed by atoms with van der Waals surface area (Å²) >= 11 is 0. The van der Waals surface area contributed by atoms with Crippen molar-refractivity contribution in [1.29, 1.82) is 0 Å². The largest absolute Gasteiger partial charge is 0.296 e. The zero-order valence-corrected chi connectivity index (χ0v) is 11.1. The highest BCUT2D eigenvalue weighted by Crippen LogP contribution is 2.12. The molecule has 3 aromatic heterocycles. The van der Waals surface area contributed by atoms with E-state index in [4.69, 9.17) is 0 Å². The number of hydrogen-bond acceptors (Lipinski definition) is 4. The van der Waals surface area contributed by atoms with Crippen LogP contribution in [0.5, 0.6) is 0 Å². The molecule has 100 valence electrons. The predicted octanol–water partition coefficient (Wildman–Crippen LogP) is 1.99. The molecule has 0 saturated carbocycles. The van der Waals surface area contributed by atoms with Crippen LogP contribution in [0.1, 0.15) is 18.5 Å². The van der Waals surface area contributed by atoms with E-state index in [9.17, 15) is 4.79 Å². The van der Waals surface area contributed by atoms with Crippen LogP contribution in [0.4, 0.5) is 0 Å². The fourth-order valence-corrected chi connectivity index (χ4v) is 2.26. The highest BCUT2D eigenvalue weighted by Gasteiger charge is 2.10. The summed E-state index contributed by atoms with van der Waals surface area (Å²) in [5, 5.41) is 0.598. The van der Waals surface area contributed by atoms with Gasteiger partial charge >= 0.3 is 0 Å². The maximum Gasteiger partial charge on any atom is 0.261 e. The van der Waals surface area contributed by atoms with E-state index in [0.717, 1.165) is 12.0 Å². The van der Waals surface area contributed by atoms with Gasteiger partial charge in [0.15, 0.2) is 0 Å². The van der Waals surface area contributed by atoms with Crippen LogP contribution in [0, 0.1) is 0 Å². The van der Waals surface area contributed by atoms with Crippen LogP contribution in [0.15, 0.2) is 54.1 Å². The molecule has 0 N–H and O–H groups in total. The Morgan fingerprint density at radius 3 is 2.85 bits per heavy atom. The van der Waals surface area contributed by atoms with Crippen molar-refractivity contribution in [3.05, 3.63) is 65.2 Å². The Kier molecular flexibility index (Phi) is 3.25. The minimum absolute atomic E-state index is 0.0248. The average molecular weight is 266 g/mol. The molecule has 5 heteroatoms. The highest BCUT2D eigenvalue weighted by atomic mass is 16.1. The van der Waals surface area contributed by atoms with E-state index in [0.29, 0.717) is 10.9 Å². The number of fused-ring (bicyclic) bond motifs is 1. The van der Waals surface area contributed by atoms with Gasteiger partial charge in [0.2, 0.25) is 0 Å². The third-order valence-electron chi connectivity index (χ3n) is 3.31. The zero-order valence-electron chi connectivity index (χ0n) is 11.1. The number of hydrogen-bond donors (Lipinski definition) is 0. The monoisotopic (exact) mass is 266 g/mol. The van der Waals surface area contributed by atoms with Crippen LogP contribution < -0.4 is 5.56 Å². The second kappa shape index (κ2) is 5.21. The first-order valence-electron chi connectivity index (χ1n) is 6.45. The number of pyridine rings is 2. The minimum Gasteiger partial charge on any atom is -0.296 e. The molecule has 3 aromatic rings. The van der Waals surface area contributed by atoms with Gasteiger partial charge in [-0.3, -0.25) is 19.3 Å². The summed E-state index contributed by atoms with van der Waals surface area (Å²) < 4.78 is 1.66. The average Bonchev–Trinajstić information content (AvgIpc) is 2.49. The lowest BCUT2D eigenvalue weighted by Gasteiger charge is -2.15. The molecule has 0 aliphatic heterocycles. The van der Waals surface area contributed by atoms with Gasteiger partial charge in [0.25, 0.3) is 5.56 Å². The standard InChI is InChI=1S/C15H14N4O/c1-11(7-12-3-2-5-16-8-12)19-10-18-14-9-17-6-4-13(14)15(19)20/h2-6,8-11H,7H2,1H3/t11-/m1/s1. The quantitative estimate of drug-likeness (QED) is 0.727. The first-order valence-corrected chi connectivity index (χ1v) is 6.45. The van der Waals surface area contributed by atoms with E-state index in [-0.39, 0.29) is 11.6 Å². The molecule has 0 bridgehead atoms. The van der Waals surface area contributed by atoms with Crippen LogP contribution in [0.25, 0.3) is 10.9 Å². The highest BCUT2D eigenvalue weighted by molar-refractivity contribution is 5.75.